The number of rotatable bonds is 3. The van der Waals surface area contributed by atoms with E-state index in [0.29, 0.717) is 11.0 Å². The predicted molar refractivity (Wildman–Crippen MR) is 83.0 cm³/mol. The fraction of sp³-hybridized carbons (Fsp3) is 0.625. The van der Waals surface area contributed by atoms with Crippen molar-refractivity contribution in [1.82, 2.24) is 0 Å². The van der Waals surface area contributed by atoms with Crippen molar-refractivity contribution in [3.05, 3.63) is 34.1 Å². The van der Waals surface area contributed by atoms with E-state index in [1.54, 1.807) is 19.2 Å². The van der Waals surface area contributed by atoms with Crippen LogP contribution in [0.5, 0.6) is 0 Å². The first-order valence-corrected chi connectivity index (χ1v) is 7.85. The first-order valence-electron chi connectivity index (χ1n) is 7.05. The summed E-state index contributed by atoms with van der Waals surface area (Å²) >= 11 is 3.38. The maximum absolute atomic E-state index is 14.1. The smallest absolute Gasteiger partial charge is 0.128 e. The molecular weight excluding hydrogens is 321 g/mol. The molecule has 112 valence electrons. The quantitative estimate of drug-likeness (QED) is 0.872. The zero-order valence-electron chi connectivity index (χ0n) is 12.4. The van der Waals surface area contributed by atoms with E-state index in [-0.39, 0.29) is 5.82 Å². The number of hydrogen-bond acceptors (Lipinski definition) is 2. The zero-order valence-corrected chi connectivity index (χ0v) is 14.0. The van der Waals surface area contributed by atoms with Gasteiger partial charge in [-0.3, -0.25) is 0 Å². The zero-order chi connectivity index (χ0) is 15.0. The Morgan fingerprint density at radius 3 is 2.40 bits per heavy atom. The summed E-state index contributed by atoms with van der Waals surface area (Å²) < 4.78 is 20.7. The largest absolute Gasteiger partial charge is 0.376 e. The third-order valence-electron chi connectivity index (χ3n) is 4.72. The lowest BCUT2D eigenvalue weighted by Crippen LogP contribution is -2.47. The van der Waals surface area contributed by atoms with Crippen LogP contribution in [-0.2, 0) is 4.74 Å². The van der Waals surface area contributed by atoms with Gasteiger partial charge in [-0.25, -0.2) is 4.39 Å². The van der Waals surface area contributed by atoms with Gasteiger partial charge in [0.15, 0.2) is 0 Å². The maximum atomic E-state index is 14.1. The number of nitrogens with two attached hydrogens (primary N) is 1. The number of methoxy groups -OCH3 is 1. The average molecular weight is 344 g/mol. The summed E-state index contributed by atoms with van der Waals surface area (Å²) in [7, 11) is 1.69. The van der Waals surface area contributed by atoms with Crippen LogP contribution in [0.4, 0.5) is 4.39 Å². The Balaban J connectivity index is 2.30. The molecule has 2 nitrogen and oxygen atoms in total. The first kappa shape index (κ1) is 15.9. The van der Waals surface area contributed by atoms with Crippen LogP contribution in [-0.4, -0.2) is 12.7 Å². The molecular formula is C16H23BrFNO. The van der Waals surface area contributed by atoms with Gasteiger partial charge < -0.3 is 10.5 Å². The lowest BCUT2D eigenvalue weighted by Gasteiger charge is -2.46. The Morgan fingerprint density at radius 1 is 1.25 bits per heavy atom. The molecule has 0 amide bonds. The summed E-state index contributed by atoms with van der Waals surface area (Å²) in [5, 5.41) is 0. The second-order valence-corrected chi connectivity index (χ2v) is 7.49. The molecule has 1 aliphatic carbocycles. The van der Waals surface area contributed by atoms with Crippen molar-refractivity contribution in [2.24, 2.45) is 11.1 Å². The molecule has 0 aliphatic heterocycles. The van der Waals surface area contributed by atoms with E-state index in [2.05, 4.69) is 29.8 Å². The molecule has 1 aromatic rings. The molecule has 2 rings (SSSR count). The molecule has 0 aromatic heterocycles. The van der Waals surface area contributed by atoms with Crippen molar-refractivity contribution >= 4 is 15.9 Å². The van der Waals surface area contributed by atoms with E-state index >= 15 is 0 Å². The molecule has 0 spiro atoms. The van der Waals surface area contributed by atoms with Crippen molar-refractivity contribution < 1.29 is 9.13 Å². The van der Waals surface area contributed by atoms with Crippen LogP contribution in [0, 0.1) is 11.2 Å². The van der Waals surface area contributed by atoms with E-state index < -0.39 is 11.6 Å². The van der Waals surface area contributed by atoms with E-state index in [0.717, 1.165) is 30.2 Å². The van der Waals surface area contributed by atoms with Crippen molar-refractivity contribution in [3.63, 3.8) is 0 Å². The molecule has 1 aliphatic rings. The Morgan fingerprint density at radius 2 is 1.85 bits per heavy atom. The minimum absolute atomic E-state index is 0.262. The second-order valence-electron chi connectivity index (χ2n) is 6.58. The molecule has 4 heteroatoms. The monoisotopic (exact) mass is 343 g/mol. The molecule has 1 fully saturated rings. The molecule has 0 saturated heterocycles. The Hall–Kier alpha value is -0.450. The lowest BCUT2D eigenvalue weighted by molar-refractivity contribution is -0.0800. The third kappa shape index (κ3) is 3.07. The average Bonchev–Trinajstić information content (AvgIpc) is 2.41. The standard InChI is InChI=1S/C16H23BrFNO/c1-15(2)6-8-16(20-3,9-7-15)14(19)12-10-11(17)4-5-13(12)18/h4-5,10,14H,6-9,19H2,1-3H3. The molecule has 1 atom stereocenters. The van der Waals surface area contributed by atoms with Crippen LogP contribution in [0.1, 0.15) is 51.1 Å². The van der Waals surface area contributed by atoms with Gasteiger partial charge in [0.05, 0.1) is 11.6 Å². The summed E-state index contributed by atoms with van der Waals surface area (Å²) in [6.45, 7) is 4.52. The van der Waals surface area contributed by atoms with E-state index in [9.17, 15) is 4.39 Å². The van der Waals surface area contributed by atoms with Gasteiger partial charge in [0.2, 0.25) is 0 Å². The predicted octanol–water partition coefficient (Wildman–Crippen LogP) is 4.57. The highest BCUT2D eigenvalue weighted by atomic mass is 79.9. The van der Waals surface area contributed by atoms with Crippen LogP contribution in [0.25, 0.3) is 0 Å². The van der Waals surface area contributed by atoms with Gasteiger partial charge in [-0.05, 0) is 49.3 Å². The fourth-order valence-corrected chi connectivity index (χ4v) is 3.41. The molecule has 2 N–H and O–H groups in total. The van der Waals surface area contributed by atoms with Gasteiger partial charge in [0.25, 0.3) is 0 Å². The Bertz CT molecular complexity index is 479. The second kappa shape index (κ2) is 5.74. The third-order valence-corrected chi connectivity index (χ3v) is 5.21. The summed E-state index contributed by atoms with van der Waals surface area (Å²) in [5.41, 5.74) is 6.77. The summed E-state index contributed by atoms with van der Waals surface area (Å²) in [6.07, 6.45) is 3.82. The van der Waals surface area contributed by atoms with Gasteiger partial charge in [0.1, 0.15) is 5.82 Å². The van der Waals surface area contributed by atoms with Crippen molar-refractivity contribution in [3.8, 4) is 0 Å². The normalized spacial score (nSPS) is 22.5. The molecule has 1 aromatic carbocycles. The van der Waals surface area contributed by atoms with Gasteiger partial charge in [-0.15, -0.1) is 0 Å². The van der Waals surface area contributed by atoms with Gasteiger partial charge in [-0.2, -0.15) is 0 Å². The van der Waals surface area contributed by atoms with E-state index in [4.69, 9.17) is 10.5 Å². The van der Waals surface area contributed by atoms with Crippen LogP contribution in [0.3, 0.4) is 0 Å². The Kier molecular flexibility index (Phi) is 4.57. The highest BCUT2D eigenvalue weighted by Crippen LogP contribution is 2.47. The minimum Gasteiger partial charge on any atom is -0.376 e. The topological polar surface area (TPSA) is 35.2 Å². The molecule has 0 bridgehead atoms. The van der Waals surface area contributed by atoms with Crippen LogP contribution in [0.15, 0.2) is 22.7 Å². The number of benzene rings is 1. The van der Waals surface area contributed by atoms with Crippen LogP contribution < -0.4 is 5.73 Å². The van der Waals surface area contributed by atoms with Crippen molar-refractivity contribution in [2.75, 3.05) is 7.11 Å². The maximum Gasteiger partial charge on any atom is 0.128 e. The lowest BCUT2D eigenvalue weighted by atomic mass is 9.67. The summed E-state index contributed by atoms with van der Waals surface area (Å²) in [4.78, 5) is 0. The number of ether oxygens (including phenoxy) is 1. The van der Waals surface area contributed by atoms with Gasteiger partial charge in [-0.1, -0.05) is 29.8 Å². The summed E-state index contributed by atoms with van der Waals surface area (Å²) in [5.74, 6) is -0.262. The first-order chi connectivity index (χ1) is 9.30. The number of hydrogen-bond donors (Lipinski definition) is 1. The minimum atomic E-state index is -0.461. The highest BCUT2D eigenvalue weighted by molar-refractivity contribution is 9.10. The number of halogens is 2. The van der Waals surface area contributed by atoms with E-state index in [1.807, 2.05) is 0 Å². The SMILES string of the molecule is COC1(C(N)c2cc(Br)ccc2F)CCC(C)(C)CC1. The Labute approximate surface area is 129 Å². The van der Waals surface area contributed by atoms with Crippen LogP contribution >= 0.6 is 15.9 Å². The molecule has 0 radical (unpaired) electrons. The van der Waals surface area contributed by atoms with Crippen molar-refractivity contribution in [1.29, 1.82) is 0 Å². The van der Waals surface area contributed by atoms with Gasteiger partial charge >= 0.3 is 0 Å². The fourth-order valence-electron chi connectivity index (χ4n) is 3.03. The molecule has 0 heterocycles. The summed E-state index contributed by atoms with van der Waals surface area (Å²) in [6, 6.07) is 4.46. The molecule has 20 heavy (non-hydrogen) atoms. The van der Waals surface area contributed by atoms with Crippen molar-refractivity contribution in [2.45, 2.75) is 51.2 Å². The molecule has 1 unspecified atom stereocenters. The molecule has 1 saturated carbocycles. The van der Waals surface area contributed by atoms with Crippen LogP contribution in [0.2, 0.25) is 0 Å². The highest BCUT2D eigenvalue weighted by Gasteiger charge is 2.44. The van der Waals surface area contributed by atoms with E-state index in [1.165, 1.54) is 6.07 Å². The van der Waals surface area contributed by atoms with Gasteiger partial charge in [0, 0.05) is 17.1 Å².